The van der Waals surface area contributed by atoms with Gasteiger partial charge >= 0.3 is 0 Å². The lowest BCUT2D eigenvalue weighted by atomic mass is 10.1. The number of fused-ring (bicyclic) bond motifs is 1. The van der Waals surface area contributed by atoms with E-state index in [0.717, 1.165) is 18.7 Å². The number of hydrogen-bond donors (Lipinski definition) is 2. The second-order valence-corrected chi connectivity index (χ2v) is 5.08. The highest BCUT2D eigenvalue weighted by Crippen LogP contribution is 2.19. The molecule has 2 aromatic rings. The van der Waals surface area contributed by atoms with Crippen LogP contribution in [0.15, 0.2) is 24.5 Å². The van der Waals surface area contributed by atoms with Gasteiger partial charge in [0, 0.05) is 36.9 Å². The number of piperidine rings is 1. The zero-order valence-electron chi connectivity index (χ0n) is 10.8. The summed E-state index contributed by atoms with van der Waals surface area (Å²) in [6.45, 7) is 3.36. The van der Waals surface area contributed by atoms with Gasteiger partial charge in [-0.25, -0.2) is 4.98 Å². The molecule has 1 aliphatic heterocycles. The number of nitrogens with zero attached hydrogens (tertiary/aromatic N) is 2. The van der Waals surface area contributed by atoms with Crippen molar-refractivity contribution in [1.29, 1.82) is 0 Å². The van der Waals surface area contributed by atoms with Crippen LogP contribution in [0, 0.1) is 0 Å². The molecule has 3 rings (SSSR count). The SMILES string of the molecule is CNC1CCCN(Cc2c[nH]c3ncccc23)C1. The van der Waals surface area contributed by atoms with Crippen LogP contribution < -0.4 is 5.32 Å². The zero-order valence-corrected chi connectivity index (χ0v) is 10.8. The van der Waals surface area contributed by atoms with E-state index in [2.05, 4.69) is 39.5 Å². The molecule has 0 bridgehead atoms. The first-order valence-electron chi connectivity index (χ1n) is 6.67. The molecule has 18 heavy (non-hydrogen) atoms. The molecule has 0 radical (unpaired) electrons. The average Bonchev–Trinajstić information content (AvgIpc) is 2.83. The molecule has 1 fully saturated rings. The number of pyridine rings is 1. The minimum atomic E-state index is 0.641. The fraction of sp³-hybridized carbons (Fsp3) is 0.500. The average molecular weight is 244 g/mol. The molecule has 0 aromatic carbocycles. The summed E-state index contributed by atoms with van der Waals surface area (Å²) in [7, 11) is 2.06. The maximum atomic E-state index is 4.34. The van der Waals surface area contributed by atoms with Crippen LogP contribution in [0.5, 0.6) is 0 Å². The Morgan fingerprint density at radius 1 is 1.56 bits per heavy atom. The summed E-state index contributed by atoms with van der Waals surface area (Å²) < 4.78 is 0. The number of H-pyrrole nitrogens is 1. The second kappa shape index (κ2) is 5.08. The minimum Gasteiger partial charge on any atom is -0.346 e. The Balaban J connectivity index is 1.76. The van der Waals surface area contributed by atoms with E-state index < -0.39 is 0 Å². The first kappa shape index (κ1) is 11.7. The lowest BCUT2D eigenvalue weighted by molar-refractivity contribution is 0.188. The van der Waals surface area contributed by atoms with Gasteiger partial charge in [-0.1, -0.05) is 0 Å². The number of aromatic nitrogens is 2. The highest BCUT2D eigenvalue weighted by molar-refractivity contribution is 5.79. The van der Waals surface area contributed by atoms with Gasteiger partial charge in [0.25, 0.3) is 0 Å². The van der Waals surface area contributed by atoms with Gasteiger partial charge in [0.15, 0.2) is 0 Å². The van der Waals surface area contributed by atoms with Gasteiger partial charge in [0.05, 0.1) is 0 Å². The molecular formula is C14H20N4. The Kier molecular flexibility index (Phi) is 3.30. The molecule has 0 spiro atoms. The second-order valence-electron chi connectivity index (χ2n) is 5.08. The predicted octanol–water partition coefficient (Wildman–Crippen LogP) is 1.75. The summed E-state index contributed by atoms with van der Waals surface area (Å²) in [5.74, 6) is 0. The van der Waals surface area contributed by atoms with Crippen molar-refractivity contribution in [2.45, 2.75) is 25.4 Å². The molecule has 0 saturated carbocycles. The molecule has 1 saturated heterocycles. The van der Waals surface area contributed by atoms with Crippen LogP contribution in [0.3, 0.4) is 0 Å². The van der Waals surface area contributed by atoms with Gasteiger partial charge in [0.2, 0.25) is 0 Å². The van der Waals surface area contributed by atoms with Crippen molar-refractivity contribution >= 4 is 11.0 Å². The van der Waals surface area contributed by atoms with Crippen LogP contribution in [0.25, 0.3) is 11.0 Å². The summed E-state index contributed by atoms with van der Waals surface area (Å²) in [6.07, 6.45) is 6.51. The number of aromatic amines is 1. The Labute approximate surface area is 107 Å². The molecule has 1 atom stereocenters. The number of likely N-dealkylation sites (N-methyl/N-ethyl adjacent to an activating group) is 1. The van der Waals surface area contributed by atoms with Crippen LogP contribution >= 0.6 is 0 Å². The van der Waals surface area contributed by atoms with E-state index in [1.54, 1.807) is 0 Å². The molecule has 3 heterocycles. The van der Waals surface area contributed by atoms with E-state index >= 15 is 0 Å². The van der Waals surface area contributed by atoms with Crippen molar-refractivity contribution in [3.63, 3.8) is 0 Å². The Hall–Kier alpha value is -1.39. The largest absolute Gasteiger partial charge is 0.346 e. The molecule has 1 unspecified atom stereocenters. The monoisotopic (exact) mass is 244 g/mol. The fourth-order valence-electron chi connectivity index (χ4n) is 2.82. The molecule has 2 aromatic heterocycles. The van der Waals surface area contributed by atoms with Crippen molar-refractivity contribution < 1.29 is 0 Å². The van der Waals surface area contributed by atoms with E-state index in [9.17, 15) is 0 Å². The lowest BCUT2D eigenvalue weighted by Crippen LogP contribution is -2.43. The van der Waals surface area contributed by atoms with Gasteiger partial charge in [-0.05, 0) is 44.1 Å². The number of likely N-dealkylation sites (tertiary alicyclic amines) is 1. The first-order valence-corrected chi connectivity index (χ1v) is 6.67. The van der Waals surface area contributed by atoms with Crippen LogP contribution in [0.2, 0.25) is 0 Å². The first-order chi connectivity index (χ1) is 8.86. The summed E-state index contributed by atoms with van der Waals surface area (Å²) >= 11 is 0. The van der Waals surface area contributed by atoms with Crippen molar-refractivity contribution in [3.8, 4) is 0 Å². The van der Waals surface area contributed by atoms with Crippen LogP contribution in [-0.2, 0) is 6.54 Å². The zero-order chi connectivity index (χ0) is 12.4. The van der Waals surface area contributed by atoms with Crippen LogP contribution in [0.4, 0.5) is 0 Å². The van der Waals surface area contributed by atoms with E-state index in [-0.39, 0.29) is 0 Å². The topological polar surface area (TPSA) is 44.0 Å². The molecule has 1 aliphatic rings. The normalized spacial score (nSPS) is 21.5. The maximum Gasteiger partial charge on any atom is 0.137 e. The Bertz CT molecular complexity index is 519. The smallest absolute Gasteiger partial charge is 0.137 e. The fourth-order valence-corrected chi connectivity index (χ4v) is 2.82. The molecule has 0 aliphatic carbocycles. The number of hydrogen-bond acceptors (Lipinski definition) is 3. The summed E-state index contributed by atoms with van der Waals surface area (Å²) in [5, 5.41) is 4.64. The summed E-state index contributed by atoms with van der Waals surface area (Å²) in [4.78, 5) is 10.1. The van der Waals surface area contributed by atoms with Crippen molar-refractivity contribution in [2.24, 2.45) is 0 Å². The van der Waals surface area contributed by atoms with Crippen molar-refractivity contribution in [2.75, 3.05) is 20.1 Å². The minimum absolute atomic E-state index is 0.641. The third-order valence-corrected chi connectivity index (χ3v) is 3.84. The third kappa shape index (κ3) is 2.26. The molecule has 4 nitrogen and oxygen atoms in total. The van der Waals surface area contributed by atoms with Crippen LogP contribution in [-0.4, -0.2) is 41.0 Å². The highest BCUT2D eigenvalue weighted by atomic mass is 15.2. The number of nitrogens with one attached hydrogen (secondary N) is 2. The van der Waals surface area contributed by atoms with E-state index in [0.29, 0.717) is 6.04 Å². The van der Waals surface area contributed by atoms with E-state index in [1.807, 2.05) is 12.3 Å². The summed E-state index contributed by atoms with van der Waals surface area (Å²) in [6, 6.07) is 4.79. The highest BCUT2D eigenvalue weighted by Gasteiger charge is 2.19. The molecule has 2 N–H and O–H groups in total. The van der Waals surface area contributed by atoms with E-state index in [4.69, 9.17) is 0 Å². The maximum absolute atomic E-state index is 4.34. The van der Waals surface area contributed by atoms with Crippen molar-refractivity contribution in [3.05, 3.63) is 30.1 Å². The Morgan fingerprint density at radius 3 is 3.39 bits per heavy atom. The third-order valence-electron chi connectivity index (χ3n) is 3.84. The standard InChI is InChI=1S/C14H20N4/c1-15-12-4-3-7-18(10-12)9-11-8-17-14-13(11)5-2-6-16-14/h2,5-6,8,12,15H,3-4,7,9-10H2,1H3,(H,16,17). The van der Waals surface area contributed by atoms with Gasteiger partial charge in [-0.3, -0.25) is 4.90 Å². The van der Waals surface area contributed by atoms with Gasteiger partial charge in [-0.2, -0.15) is 0 Å². The Morgan fingerprint density at radius 2 is 2.50 bits per heavy atom. The number of rotatable bonds is 3. The van der Waals surface area contributed by atoms with Gasteiger partial charge in [-0.15, -0.1) is 0 Å². The molecule has 4 heteroatoms. The summed E-state index contributed by atoms with van der Waals surface area (Å²) in [5.41, 5.74) is 2.35. The van der Waals surface area contributed by atoms with E-state index in [1.165, 1.54) is 30.3 Å². The molecular weight excluding hydrogens is 224 g/mol. The predicted molar refractivity (Wildman–Crippen MR) is 73.5 cm³/mol. The molecule has 96 valence electrons. The van der Waals surface area contributed by atoms with Crippen molar-refractivity contribution in [1.82, 2.24) is 20.2 Å². The van der Waals surface area contributed by atoms with Gasteiger partial charge < -0.3 is 10.3 Å². The lowest BCUT2D eigenvalue weighted by Gasteiger charge is -2.32. The quantitative estimate of drug-likeness (QED) is 0.864. The van der Waals surface area contributed by atoms with Gasteiger partial charge in [0.1, 0.15) is 5.65 Å². The molecule has 0 amide bonds. The van der Waals surface area contributed by atoms with Crippen LogP contribution in [0.1, 0.15) is 18.4 Å².